The van der Waals surface area contributed by atoms with Gasteiger partial charge < -0.3 is 5.32 Å². The molecule has 0 radical (unpaired) electrons. The van der Waals surface area contributed by atoms with E-state index in [-0.39, 0.29) is 12.3 Å². The van der Waals surface area contributed by atoms with Crippen LogP contribution in [0.25, 0.3) is 22.0 Å². The normalized spacial score (nSPS) is 11.1. The van der Waals surface area contributed by atoms with Crippen molar-refractivity contribution in [2.45, 2.75) is 40.3 Å². The van der Waals surface area contributed by atoms with Gasteiger partial charge in [-0.3, -0.25) is 14.5 Å². The molecule has 3 aromatic carbocycles. The Bertz CT molecular complexity index is 1520. The number of rotatable bonds is 7. The number of nitrogens with one attached hydrogen (secondary N) is 1. The van der Waals surface area contributed by atoms with Crippen molar-refractivity contribution >= 4 is 16.8 Å². The molecule has 0 fully saturated rings. The summed E-state index contributed by atoms with van der Waals surface area (Å²) >= 11 is 0. The first kappa shape index (κ1) is 23.5. The molecule has 180 valence electrons. The Kier molecular flexibility index (Phi) is 6.63. The molecule has 0 aliphatic heterocycles. The smallest absolute Gasteiger partial charge is 0.224 e. The summed E-state index contributed by atoms with van der Waals surface area (Å²) in [5, 5.41) is 8.93. The molecule has 5 aromatic rings. The summed E-state index contributed by atoms with van der Waals surface area (Å²) in [6, 6.07) is 28.7. The van der Waals surface area contributed by atoms with Gasteiger partial charge in [0.1, 0.15) is 0 Å². The van der Waals surface area contributed by atoms with Gasteiger partial charge in [0.25, 0.3) is 0 Å². The summed E-state index contributed by atoms with van der Waals surface area (Å²) in [7, 11) is 0. The molecule has 0 aliphatic rings. The van der Waals surface area contributed by atoms with Crippen LogP contribution in [0.4, 0.5) is 0 Å². The average molecular weight is 475 g/mol. The Morgan fingerprint density at radius 1 is 0.806 bits per heavy atom. The summed E-state index contributed by atoms with van der Waals surface area (Å²) in [6.45, 7) is 7.22. The molecule has 0 saturated heterocycles. The highest BCUT2D eigenvalue weighted by Crippen LogP contribution is 2.33. The minimum absolute atomic E-state index is 0.0260. The molecule has 36 heavy (non-hydrogen) atoms. The van der Waals surface area contributed by atoms with E-state index < -0.39 is 0 Å². The van der Waals surface area contributed by atoms with E-state index in [1.54, 1.807) is 0 Å². The molecule has 1 amide bonds. The van der Waals surface area contributed by atoms with Crippen molar-refractivity contribution in [1.82, 2.24) is 20.1 Å². The van der Waals surface area contributed by atoms with Gasteiger partial charge in [-0.25, -0.2) is 0 Å². The second-order valence-corrected chi connectivity index (χ2v) is 9.18. The van der Waals surface area contributed by atoms with Crippen molar-refractivity contribution in [2.24, 2.45) is 0 Å². The molecule has 0 unspecified atom stereocenters. The fraction of sp³-hybridized carbons (Fsp3) is 0.194. The van der Waals surface area contributed by atoms with E-state index in [0.29, 0.717) is 13.1 Å². The highest BCUT2D eigenvalue weighted by Gasteiger charge is 2.18. The fourth-order valence-corrected chi connectivity index (χ4v) is 4.84. The van der Waals surface area contributed by atoms with Gasteiger partial charge in [0, 0.05) is 28.9 Å². The third kappa shape index (κ3) is 4.78. The van der Waals surface area contributed by atoms with E-state index in [2.05, 4.69) is 42.6 Å². The minimum atomic E-state index is -0.0260. The van der Waals surface area contributed by atoms with Crippen molar-refractivity contribution in [3.8, 4) is 11.1 Å². The van der Waals surface area contributed by atoms with Crippen molar-refractivity contribution in [1.29, 1.82) is 0 Å². The molecule has 5 heteroatoms. The number of hydrogen-bond acceptors (Lipinski definition) is 3. The Hall–Kier alpha value is -4.25. The maximum Gasteiger partial charge on any atom is 0.224 e. The lowest BCUT2D eigenvalue weighted by Crippen LogP contribution is -2.26. The third-order valence-corrected chi connectivity index (χ3v) is 6.77. The lowest BCUT2D eigenvalue weighted by atomic mass is 9.92. The molecule has 5 rings (SSSR count). The molecule has 2 aromatic heterocycles. The number of nitrogens with zero attached hydrogens (tertiary/aromatic N) is 3. The highest BCUT2D eigenvalue weighted by molar-refractivity contribution is 5.98. The van der Waals surface area contributed by atoms with Crippen LogP contribution in [-0.4, -0.2) is 20.7 Å². The number of hydrogen-bond donors (Lipinski definition) is 1. The van der Waals surface area contributed by atoms with Gasteiger partial charge in [-0.2, -0.15) is 5.10 Å². The van der Waals surface area contributed by atoms with Gasteiger partial charge in [0.15, 0.2) is 0 Å². The van der Waals surface area contributed by atoms with Gasteiger partial charge in [0.2, 0.25) is 5.91 Å². The van der Waals surface area contributed by atoms with Crippen LogP contribution in [0.15, 0.2) is 84.9 Å². The van der Waals surface area contributed by atoms with E-state index in [1.807, 2.05) is 73.1 Å². The largest absolute Gasteiger partial charge is 0.352 e. The van der Waals surface area contributed by atoms with Crippen molar-refractivity contribution in [3.05, 3.63) is 119 Å². The van der Waals surface area contributed by atoms with Gasteiger partial charge in [-0.1, -0.05) is 78.9 Å². The molecule has 0 atom stereocenters. The summed E-state index contributed by atoms with van der Waals surface area (Å²) in [6.07, 6.45) is 0.268. The predicted molar refractivity (Wildman–Crippen MR) is 145 cm³/mol. The molecule has 2 heterocycles. The molecule has 5 nitrogen and oxygen atoms in total. The Morgan fingerprint density at radius 3 is 2.22 bits per heavy atom. The molecule has 0 bridgehead atoms. The lowest BCUT2D eigenvalue weighted by Gasteiger charge is -2.16. The van der Waals surface area contributed by atoms with E-state index in [4.69, 9.17) is 10.1 Å². The zero-order chi connectivity index (χ0) is 25.1. The lowest BCUT2D eigenvalue weighted by molar-refractivity contribution is -0.120. The van der Waals surface area contributed by atoms with E-state index in [9.17, 15) is 4.79 Å². The quantitative estimate of drug-likeness (QED) is 0.318. The SMILES string of the molecule is Cc1nc2ccccc2c(-c2ccccc2)c1CC(=O)NCc1c(C)nn(Cc2ccccc2)c1C. The van der Waals surface area contributed by atoms with Crippen LogP contribution in [0.1, 0.15) is 33.8 Å². The number of carbonyl (C=O) groups excluding carboxylic acids is 1. The number of carbonyl (C=O) groups is 1. The van der Waals surface area contributed by atoms with Crippen LogP contribution < -0.4 is 5.32 Å². The number of aryl methyl sites for hydroxylation is 2. The van der Waals surface area contributed by atoms with Gasteiger partial charge in [-0.05, 0) is 49.1 Å². The van der Waals surface area contributed by atoms with Crippen LogP contribution in [0.5, 0.6) is 0 Å². The maximum absolute atomic E-state index is 13.2. The second kappa shape index (κ2) is 10.2. The summed E-state index contributed by atoms with van der Waals surface area (Å²) in [5.41, 5.74) is 9.24. The van der Waals surface area contributed by atoms with Crippen LogP contribution in [-0.2, 0) is 24.3 Å². The number of para-hydroxylation sites is 1. The number of benzene rings is 3. The molecule has 0 saturated carbocycles. The molecular formula is C31H30N4O. The Balaban J connectivity index is 1.38. The monoisotopic (exact) mass is 474 g/mol. The van der Waals surface area contributed by atoms with Gasteiger partial charge in [0.05, 0.1) is 24.2 Å². The van der Waals surface area contributed by atoms with E-state index >= 15 is 0 Å². The highest BCUT2D eigenvalue weighted by atomic mass is 16.1. The first-order chi connectivity index (χ1) is 17.5. The van der Waals surface area contributed by atoms with E-state index in [0.717, 1.165) is 50.2 Å². The second-order valence-electron chi connectivity index (χ2n) is 9.18. The fourth-order valence-electron chi connectivity index (χ4n) is 4.84. The average Bonchev–Trinajstić information content (AvgIpc) is 3.16. The first-order valence-corrected chi connectivity index (χ1v) is 12.3. The summed E-state index contributed by atoms with van der Waals surface area (Å²) < 4.78 is 2.01. The van der Waals surface area contributed by atoms with Crippen LogP contribution in [0.2, 0.25) is 0 Å². The maximum atomic E-state index is 13.2. The van der Waals surface area contributed by atoms with Crippen molar-refractivity contribution < 1.29 is 4.79 Å². The van der Waals surface area contributed by atoms with Crippen LogP contribution in [0.3, 0.4) is 0 Å². The van der Waals surface area contributed by atoms with Crippen LogP contribution >= 0.6 is 0 Å². The summed E-state index contributed by atoms with van der Waals surface area (Å²) in [5.74, 6) is -0.0260. The zero-order valence-electron chi connectivity index (χ0n) is 21.0. The van der Waals surface area contributed by atoms with Crippen molar-refractivity contribution in [2.75, 3.05) is 0 Å². The van der Waals surface area contributed by atoms with E-state index in [1.165, 1.54) is 5.56 Å². The standard InChI is InChI=1S/C31H30N4O/c1-21-27(31(25-14-8-5-9-15-25)26-16-10-11-17-29(26)33-21)18-30(36)32-19-28-22(2)34-35(23(28)3)20-24-12-6-4-7-13-24/h4-17H,18-20H2,1-3H3,(H,32,36). The van der Waals surface area contributed by atoms with Crippen molar-refractivity contribution in [3.63, 3.8) is 0 Å². The van der Waals surface area contributed by atoms with Crippen LogP contribution in [0, 0.1) is 20.8 Å². The summed E-state index contributed by atoms with van der Waals surface area (Å²) in [4.78, 5) is 18.0. The Labute approximate surface area is 211 Å². The molecule has 0 aliphatic carbocycles. The third-order valence-electron chi connectivity index (χ3n) is 6.77. The number of pyridine rings is 1. The molecular weight excluding hydrogens is 444 g/mol. The zero-order valence-corrected chi connectivity index (χ0v) is 21.0. The Morgan fingerprint density at radius 2 is 1.47 bits per heavy atom. The van der Waals surface area contributed by atoms with Gasteiger partial charge in [-0.15, -0.1) is 0 Å². The number of amides is 1. The minimum Gasteiger partial charge on any atom is -0.352 e. The molecule has 1 N–H and O–H groups in total. The number of aromatic nitrogens is 3. The predicted octanol–water partition coefficient (Wildman–Crippen LogP) is 5.93. The van der Waals surface area contributed by atoms with Gasteiger partial charge >= 0.3 is 0 Å². The topological polar surface area (TPSA) is 59.8 Å². The number of fused-ring (bicyclic) bond motifs is 1. The molecule has 0 spiro atoms. The first-order valence-electron chi connectivity index (χ1n) is 12.3.